The van der Waals surface area contributed by atoms with Crippen LogP contribution in [0.4, 0.5) is 10.1 Å². The third kappa shape index (κ3) is 4.73. The van der Waals surface area contributed by atoms with Gasteiger partial charge in [-0.3, -0.25) is 9.59 Å². The first-order valence-corrected chi connectivity index (χ1v) is 12.3. The third-order valence-electron chi connectivity index (χ3n) is 5.38. The Labute approximate surface area is 200 Å². The normalized spacial score (nSPS) is 11.5. The van der Waals surface area contributed by atoms with E-state index in [2.05, 4.69) is 5.32 Å². The molecule has 0 fully saturated rings. The highest BCUT2D eigenvalue weighted by Gasteiger charge is 2.24. The van der Waals surface area contributed by atoms with Crippen molar-refractivity contribution in [2.45, 2.75) is 29.7 Å². The minimum Gasteiger partial charge on any atom is -0.336 e. The number of benzene rings is 3. The highest BCUT2D eigenvalue weighted by molar-refractivity contribution is 7.91. The average molecular weight is 499 g/mol. The van der Waals surface area contributed by atoms with Gasteiger partial charge in [0.1, 0.15) is 17.3 Å². The van der Waals surface area contributed by atoms with E-state index in [9.17, 15) is 22.4 Å². The smallest absolute Gasteiger partial charge is 0.244 e. The summed E-state index contributed by atoms with van der Waals surface area (Å²) in [6, 6.07) is 15.9. The van der Waals surface area contributed by atoms with Gasteiger partial charge in [0.15, 0.2) is 0 Å². The van der Waals surface area contributed by atoms with Gasteiger partial charge in [0.25, 0.3) is 0 Å². The van der Waals surface area contributed by atoms with Crippen molar-refractivity contribution in [3.63, 3.8) is 0 Å². The molecule has 1 N–H and O–H groups in total. The van der Waals surface area contributed by atoms with E-state index in [-0.39, 0.29) is 16.8 Å². The molecular formula is C25H20ClFN2O4S. The highest BCUT2D eigenvalue weighted by Crippen LogP contribution is 2.23. The second-order valence-electron chi connectivity index (χ2n) is 7.67. The van der Waals surface area contributed by atoms with Crippen molar-refractivity contribution in [2.75, 3.05) is 5.32 Å². The van der Waals surface area contributed by atoms with Crippen LogP contribution in [0.15, 0.2) is 87.5 Å². The number of aromatic nitrogens is 1. The molecule has 0 bridgehead atoms. The zero-order valence-corrected chi connectivity index (χ0v) is 19.7. The van der Waals surface area contributed by atoms with Gasteiger partial charge in [-0.05, 0) is 72.6 Å². The molecular weight excluding hydrogens is 479 g/mol. The summed E-state index contributed by atoms with van der Waals surface area (Å²) < 4.78 is 41.3. The number of hydrogen-bond donors (Lipinski definition) is 1. The molecule has 0 spiro atoms. The van der Waals surface area contributed by atoms with Gasteiger partial charge in [0.2, 0.25) is 21.2 Å². The Morgan fingerprint density at radius 3 is 2.35 bits per heavy atom. The van der Waals surface area contributed by atoms with Crippen LogP contribution in [-0.4, -0.2) is 18.9 Å². The number of anilines is 1. The number of amides is 1. The minimum atomic E-state index is -4.27. The van der Waals surface area contributed by atoms with Crippen molar-refractivity contribution in [3.8, 4) is 0 Å². The summed E-state index contributed by atoms with van der Waals surface area (Å²) in [7, 11) is -4.27. The van der Waals surface area contributed by atoms with Gasteiger partial charge in [-0.15, -0.1) is 0 Å². The SMILES string of the molecule is CCc1ccc2c(c1)c(=O)c(S(=O)(=O)c1ccc(F)cc1)cn2CC(=O)Nc1ccc(Cl)cc1. The summed E-state index contributed by atoms with van der Waals surface area (Å²) in [4.78, 5) is 25.3. The van der Waals surface area contributed by atoms with Gasteiger partial charge >= 0.3 is 0 Å². The predicted molar refractivity (Wildman–Crippen MR) is 130 cm³/mol. The van der Waals surface area contributed by atoms with Crippen LogP contribution in [0.25, 0.3) is 10.9 Å². The molecule has 34 heavy (non-hydrogen) atoms. The van der Waals surface area contributed by atoms with E-state index in [4.69, 9.17) is 11.6 Å². The van der Waals surface area contributed by atoms with E-state index >= 15 is 0 Å². The maximum atomic E-state index is 13.3. The molecule has 1 amide bonds. The lowest BCUT2D eigenvalue weighted by atomic mass is 10.1. The largest absolute Gasteiger partial charge is 0.336 e. The lowest BCUT2D eigenvalue weighted by Crippen LogP contribution is -2.24. The van der Waals surface area contributed by atoms with E-state index in [1.165, 1.54) is 4.57 Å². The zero-order chi connectivity index (χ0) is 24.5. The number of sulfone groups is 1. The van der Waals surface area contributed by atoms with Gasteiger partial charge < -0.3 is 9.88 Å². The number of fused-ring (bicyclic) bond motifs is 1. The number of pyridine rings is 1. The van der Waals surface area contributed by atoms with E-state index in [1.54, 1.807) is 36.4 Å². The van der Waals surface area contributed by atoms with Crippen LogP contribution in [0.1, 0.15) is 12.5 Å². The molecule has 0 aliphatic heterocycles. The van der Waals surface area contributed by atoms with Crippen molar-refractivity contribution in [3.05, 3.63) is 99.6 Å². The molecule has 6 nitrogen and oxygen atoms in total. The number of rotatable bonds is 6. The Hall–Kier alpha value is -3.49. The maximum Gasteiger partial charge on any atom is 0.244 e. The summed E-state index contributed by atoms with van der Waals surface area (Å²) in [5, 5.41) is 3.43. The van der Waals surface area contributed by atoms with E-state index in [0.717, 1.165) is 36.0 Å². The molecule has 0 aliphatic rings. The van der Waals surface area contributed by atoms with Crippen LogP contribution in [0, 0.1) is 5.82 Å². The highest BCUT2D eigenvalue weighted by atomic mass is 35.5. The van der Waals surface area contributed by atoms with Gasteiger partial charge in [0.05, 0.1) is 10.4 Å². The average Bonchev–Trinajstić information content (AvgIpc) is 2.82. The van der Waals surface area contributed by atoms with Gasteiger partial charge in [-0.25, -0.2) is 12.8 Å². The molecule has 0 saturated carbocycles. The Morgan fingerprint density at radius 2 is 1.71 bits per heavy atom. The van der Waals surface area contributed by atoms with Crippen molar-refractivity contribution >= 4 is 43.9 Å². The third-order valence-corrected chi connectivity index (χ3v) is 7.39. The van der Waals surface area contributed by atoms with Crippen LogP contribution in [-0.2, 0) is 27.6 Å². The molecule has 0 aliphatic carbocycles. The fourth-order valence-electron chi connectivity index (χ4n) is 3.59. The molecule has 0 saturated heterocycles. The van der Waals surface area contributed by atoms with Crippen LogP contribution < -0.4 is 10.7 Å². The van der Waals surface area contributed by atoms with Crippen LogP contribution in [0.2, 0.25) is 5.02 Å². The van der Waals surface area contributed by atoms with Crippen molar-refractivity contribution in [1.29, 1.82) is 0 Å². The number of aryl methyl sites for hydroxylation is 1. The Bertz CT molecular complexity index is 1550. The van der Waals surface area contributed by atoms with E-state index < -0.39 is 31.9 Å². The number of nitrogens with zero attached hydrogens (tertiary/aromatic N) is 1. The fraction of sp³-hybridized carbons (Fsp3) is 0.120. The molecule has 4 aromatic rings. The number of nitrogens with one attached hydrogen (secondary N) is 1. The second-order valence-corrected chi connectivity index (χ2v) is 10.0. The topological polar surface area (TPSA) is 85.2 Å². The summed E-state index contributed by atoms with van der Waals surface area (Å²) >= 11 is 5.88. The van der Waals surface area contributed by atoms with Crippen molar-refractivity contribution in [2.24, 2.45) is 0 Å². The van der Waals surface area contributed by atoms with Crippen molar-refractivity contribution in [1.82, 2.24) is 4.57 Å². The maximum absolute atomic E-state index is 13.3. The number of hydrogen-bond acceptors (Lipinski definition) is 4. The first-order chi connectivity index (χ1) is 16.2. The Balaban J connectivity index is 1.83. The van der Waals surface area contributed by atoms with Gasteiger partial charge in [-0.1, -0.05) is 24.6 Å². The standard InChI is InChI=1S/C25H20ClFN2O4S/c1-2-16-3-12-22-21(13-16)25(31)23(34(32,33)20-10-6-18(27)7-11-20)14-29(22)15-24(30)28-19-8-4-17(26)5-9-19/h3-14H,2,15H2,1H3,(H,28,30). The molecule has 3 aromatic carbocycles. The first kappa shape index (κ1) is 23.7. The van der Waals surface area contributed by atoms with Crippen LogP contribution in [0.5, 0.6) is 0 Å². The second kappa shape index (κ2) is 9.40. The lowest BCUT2D eigenvalue weighted by Gasteiger charge is -2.15. The first-order valence-electron chi connectivity index (χ1n) is 10.4. The monoisotopic (exact) mass is 498 g/mol. The van der Waals surface area contributed by atoms with Crippen LogP contribution in [0.3, 0.4) is 0 Å². The number of carbonyl (C=O) groups excluding carboxylic acids is 1. The summed E-state index contributed by atoms with van der Waals surface area (Å²) in [6.07, 6.45) is 1.80. The Kier molecular flexibility index (Phi) is 6.54. The minimum absolute atomic E-state index is 0.182. The summed E-state index contributed by atoms with van der Waals surface area (Å²) in [5.41, 5.74) is 1.11. The summed E-state index contributed by atoms with van der Waals surface area (Å²) in [5.74, 6) is -1.02. The lowest BCUT2D eigenvalue weighted by molar-refractivity contribution is -0.116. The number of halogens is 2. The van der Waals surface area contributed by atoms with E-state index in [0.29, 0.717) is 22.6 Å². The van der Waals surface area contributed by atoms with Gasteiger partial charge in [-0.2, -0.15) is 0 Å². The van der Waals surface area contributed by atoms with Gasteiger partial charge in [0, 0.05) is 22.3 Å². The zero-order valence-electron chi connectivity index (χ0n) is 18.1. The van der Waals surface area contributed by atoms with E-state index in [1.807, 2.05) is 13.0 Å². The molecule has 174 valence electrons. The molecule has 0 atom stereocenters. The molecule has 0 unspecified atom stereocenters. The Morgan fingerprint density at radius 1 is 1.03 bits per heavy atom. The molecule has 1 heterocycles. The number of carbonyl (C=O) groups is 1. The molecule has 0 radical (unpaired) electrons. The predicted octanol–water partition coefficient (Wildman–Crippen LogP) is 4.83. The summed E-state index contributed by atoms with van der Waals surface area (Å²) in [6.45, 7) is 1.68. The van der Waals surface area contributed by atoms with Crippen molar-refractivity contribution < 1.29 is 17.6 Å². The fourth-order valence-corrected chi connectivity index (χ4v) is 5.08. The van der Waals surface area contributed by atoms with Crippen LogP contribution >= 0.6 is 11.6 Å². The molecule has 9 heteroatoms. The quantitative estimate of drug-likeness (QED) is 0.386. The molecule has 4 rings (SSSR count). The molecule has 1 aromatic heterocycles.